The van der Waals surface area contributed by atoms with E-state index in [2.05, 4.69) is 39.8 Å². The van der Waals surface area contributed by atoms with Gasteiger partial charge in [-0.2, -0.15) is 5.10 Å². The van der Waals surface area contributed by atoms with Gasteiger partial charge in [0.05, 0.1) is 12.8 Å². The van der Waals surface area contributed by atoms with Crippen molar-refractivity contribution in [3.05, 3.63) is 53.3 Å². The van der Waals surface area contributed by atoms with Gasteiger partial charge in [0, 0.05) is 24.9 Å². The first-order valence-electron chi connectivity index (χ1n) is 7.26. The van der Waals surface area contributed by atoms with E-state index in [4.69, 9.17) is 4.74 Å². The molecule has 0 saturated carbocycles. The van der Waals surface area contributed by atoms with E-state index in [0.29, 0.717) is 12.1 Å². The van der Waals surface area contributed by atoms with Gasteiger partial charge in [-0.3, -0.25) is 5.10 Å². The summed E-state index contributed by atoms with van der Waals surface area (Å²) < 4.78 is 5.59. The Morgan fingerprint density at radius 3 is 3.05 bits per heavy atom. The number of aromatic amines is 1. The molecule has 3 rings (SSSR count). The Kier molecular flexibility index (Phi) is 4.14. The molecule has 2 unspecified atom stereocenters. The molecule has 2 N–H and O–H groups in total. The van der Waals surface area contributed by atoms with Gasteiger partial charge in [-0.25, -0.2) is 0 Å². The molecule has 0 bridgehead atoms. The summed E-state index contributed by atoms with van der Waals surface area (Å²) in [6.07, 6.45) is 5.86. The van der Waals surface area contributed by atoms with E-state index in [0.717, 1.165) is 26.1 Å². The van der Waals surface area contributed by atoms with Gasteiger partial charge in [-0.15, -0.1) is 0 Å². The SMILES string of the molecule is CCOCC1Cc2ccccc2C(Cc2cn[nH]c2)N1. The van der Waals surface area contributed by atoms with Gasteiger partial charge in [0.1, 0.15) is 0 Å². The van der Waals surface area contributed by atoms with Crippen LogP contribution in [0.25, 0.3) is 0 Å². The van der Waals surface area contributed by atoms with E-state index < -0.39 is 0 Å². The van der Waals surface area contributed by atoms with Crippen LogP contribution < -0.4 is 5.32 Å². The zero-order chi connectivity index (χ0) is 13.8. The summed E-state index contributed by atoms with van der Waals surface area (Å²) in [7, 11) is 0. The van der Waals surface area contributed by atoms with Gasteiger partial charge in [0.2, 0.25) is 0 Å². The molecule has 4 heteroatoms. The second-order valence-corrected chi connectivity index (χ2v) is 5.29. The van der Waals surface area contributed by atoms with Gasteiger partial charge >= 0.3 is 0 Å². The molecule has 1 aliphatic rings. The van der Waals surface area contributed by atoms with E-state index in [9.17, 15) is 0 Å². The minimum absolute atomic E-state index is 0.336. The van der Waals surface area contributed by atoms with Crippen LogP contribution in [0.5, 0.6) is 0 Å². The molecule has 1 aromatic carbocycles. The van der Waals surface area contributed by atoms with E-state index in [1.165, 1.54) is 16.7 Å². The fourth-order valence-corrected chi connectivity index (χ4v) is 2.92. The number of hydrogen-bond donors (Lipinski definition) is 2. The quantitative estimate of drug-likeness (QED) is 0.877. The Labute approximate surface area is 119 Å². The first kappa shape index (κ1) is 13.3. The largest absolute Gasteiger partial charge is 0.380 e. The summed E-state index contributed by atoms with van der Waals surface area (Å²) in [5.41, 5.74) is 4.07. The predicted octanol–water partition coefficient (Wildman–Crippen LogP) is 2.24. The minimum atomic E-state index is 0.336. The zero-order valence-corrected chi connectivity index (χ0v) is 11.8. The van der Waals surface area contributed by atoms with Crippen molar-refractivity contribution in [2.24, 2.45) is 0 Å². The maximum atomic E-state index is 5.59. The Morgan fingerprint density at radius 2 is 2.25 bits per heavy atom. The van der Waals surface area contributed by atoms with Crippen LogP contribution in [-0.4, -0.2) is 29.5 Å². The minimum Gasteiger partial charge on any atom is -0.380 e. The summed E-state index contributed by atoms with van der Waals surface area (Å²) in [5, 5.41) is 10.6. The Morgan fingerprint density at radius 1 is 1.35 bits per heavy atom. The average molecular weight is 271 g/mol. The number of nitrogens with zero attached hydrogens (tertiary/aromatic N) is 1. The molecule has 0 saturated heterocycles. The third kappa shape index (κ3) is 2.92. The van der Waals surface area contributed by atoms with Gasteiger partial charge in [0.15, 0.2) is 0 Å². The van der Waals surface area contributed by atoms with Crippen LogP contribution in [0.15, 0.2) is 36.7 Å². The highest BCUT2D eigenvalue weighted by Gasteiger charge is 2.26. The third-order valence-corrected chi connectivity index (χ3v) is 3.85. The number of H-pyrrole nitrogens is 1. The first-order chi connectivity index (χ1) is 9.86. The number of nitrogens with one attached hydrogen (secondary N) is 2. The van der Waals surface area contributed by atoms with Crippen molar-refractivity contribution in [3.63, 3.8) is 0 Å². The number of rotatable bonds is 5. The fraction of sp³-hybridized carbons (Fsp3) is 0.438. The molecule has 0 aliphatic carbocycles. The molecule has 2 atom stereocenters. The molecule has 2 aromatic rings. The van der Waals surface area contributed by atoms with Crippen LogP contribution in [0.4, 0.5) is 0 Å². The topological polar surface area (TPSA) is 49.9 Å². The lowest BCUT2D eigenvalue weighted by molar-refractivity contribution is 0.115. The lowest BCUT2D eigenvalue weighted by atomic mass is 9.88. The molecule has 0 amide bonds. The highest BCUT2D eigenvalue weighted by molar-refractivity contribution is 5.34. The summed E-state index contributed by atoms with van der Waals surface area (Å²) >= 11 is 0. The summed E-state index contributed by atoms with van der Waals surface area (Å²) in [6, 6.07) is 9.43. The molecule has 0 spiro atoms. The van der Waals surface area contributed by atoms with Crippen LogP contribution in [0, 0.1) is 0 Å². The predicted molar refractivity (Wildman–Crippen MR) is 78.6 cm³/mol. The second kappa shape index (κ2) is 6.20. The van der Waals surface area contributed by atoms with Crippen molar-refractivity contribution in [2.75, 3.05) is 13.2 Å². The number of fused-ring (bicyclic) bond motifs is 1. The Balaban J connectivity index is 1.79. The molecule has 4 nitrogen and oxygen atoms in total. The van der Waals surface area contributed by atoms with Crippen LogP contribution in [0.1, 0.15) is 29.7 Å². The van der Waals surface area contributed by atoms with Crippen molar-refractivity contribution in [1.82, 2.24) is 15.5 Å². The van der Waals surface area contributed by atoms with E-state index in [-0.39, 0.29) is 0 Å². The van der Waals surface area contributed by atoms with Crippen LogP contribution >= 0.6 is 0 Å². The third-order valence-electron chi connectivity index (χ3n) is 3.85. The summed E-state index contributed by atoms with van der Waals surface area (Å²) in [4.78, 5) is 0. The van der Waals surface area contributed by atoms with Crippen molar-refractivity contribution >= 4 is 0 Å². The average Bonchev–Trinajstić information content (AvgIpc) is 2.98. The van der Waals surface area contributed by atoms with Crippen molar-refractivity contribution in [1.29, 1.82) is 0 Å². The summed E-state index contributed by atoms with van der Waals surface area (Å²) in [5.74, 6) is 0. The standard InChI is InChI=1S/C16H21N3O/c1-2-20-11-14-8-13-5-3-4-6-15(13)16(19-14)7-12-9-17-18-10-12/h3-6,9-10,14,16,19H,2,7-8,11H2,1H3,(H,17,18). The lowest BCUT2D eigenvalue weighted by Crippen LogP contribution is -2.43. The van der Waals surface area contributed by atoms with E-state index in [1.54, 1.807) is 0 Å². The van der Waals surface area contributed by atoms with Crippen molar-refractivity contribution < 1.29 is 4.74 Å². The monoisotopic (exact) mass is 271 g/mol. The molecule has 0 radical (unpaired) electrons. The van der Waals surface area contributed by atoms with Crippen molar-refractivity contribution in [2.45, 2.75) is 31.8 Å². The molecular weight excluding hydrogens is 250 g/mol. The molecule has 20 heavy (non-hydrogen) atoms. The molecule has 1 aliphatic heterocycles. The molecule has 0 fully saturated rings. The van der Waals surface area contributed by atoms with Crippen LogP contribution in [0.2, 0.25) is 0 Å². The number of benzene rings is 1. The lowest BCUT2D eigenvalue weighted by Gasteiger charge is -2.33. The number of aromatic nitrogens is 2. The number of hydrogen-bond acceptors (Lipinski definition) is 3. The Hall–Kier alpha value is -1.65. The Bertz CT molecular complexity index is 538. The highest BCUT2D eigenvalue weighted by atomic mass is 16.5. The zero-order valence-electron chi connectivity index (χ0n) is 11.8. The van der Waals surface area contributed by atoms with Gasteiger partial charge in [-0.05, 0) is 36.5 Å². The molecule has 106 valence electrons. The molecular formula is C16H21N3O. The molecule has 2 heterocycles. The first-order valence-corrected chi connectivity index (χ1v) is 7.26. The van der Waals surface area contributed by atoms with Gasteiger partial charge in [-0.1, -0.05) is 24.3 Å². The normalized spacial score (nSPS) is 21.6. The number of ether oxygens (including phenoxy) is 1. The van der Waals surface area contributed by atoms with Crippen LogP contribution in [-0.2, 0) is 17.6 Å². The van der Waals surface area contributed by atoms with Crippen LogP contribution in [0.3, 0.4) is 0 Å². The smallest absolute Gasteiger partial charge is 0.0622 e. The maximum absolute atomic E-state index is 5.59. The van der Waals surface area contributed by atoms with E-state index in [1.807, 2.05) is 19.3 Å². The fourth-order valence-electron chi connectivity index (χ4n) is 2.92. The van der Waals surface area contributed by atoms with Gasteiger partial charge in [0.25, 0.3) is 0 Å². The maximum Gasteiger partial charge on any atom is 0.0622 e. The highest BCUT2D eigenvalue weighted by Crippen LogP contribution is 2.27. The second-order valence-electron chi connectivity index (χ2n) is 5.29. The van der Waals surface area contributed by atoms with Crippen molar-refractivity contribution in [3.8, 4) is 0 Å². The van der Waals surface area contributed by atoms with Gasteiger partial charge < -0.3 is 10.1 Å². The van der Waals surface area contributed by atoms with E-state index >= 15 is 0 Å². The molecule has 1 aromatic heterocycles. The summed E-state index contributed by atoms with van der Waals surface area (Å²) in [6.45, 7) is 3.58.